The highest BCUT2D eigenvalue weighted by molar-refractivity contribution is 6.32. The maximum Gasteiger partial charge on any atom is 0.309 e. The number of carbonyl (C=O) groups excluding carboxylic acids is 1. The van der Waals surface area contributed by atoms with Gasteiger partial charge in [-0.05, 0) is 38.8 Å². The van der Waals surface area contributed by atoms with Crippen LogP contribution in [0.3, 0.4) is 0 Å². The van der Waals surface area contributed by atoms with Crippen LogP contribution in [0.1, 0.15) is 26.7 Å². The molecular weight excluding hydrogens is 354 g/mol. The number of esters is 1. The second-order valence-corrected chi connectivity index (χ2v) is 6.71. The fourth-order valence-corrected chi connectivity index (χ4v) is 3.13. The number of likely N-dealkylation sites (tertiary alicyclic amines) is 1. The summed E-state index contributed by atoms with van der Waals surface area (Å²) in [4.78, 5) is 18.4. The SMILES string of the molecule is CCOC(=O)C1CCN(C(=NC)NCC(C)Oc2ccccc2Cl)CC1. The molecule has 0 aromatic heterocycles. The van der Waals surface area contributed by atoms with Gasteiger partial charge in [0.25, 0.3) is 0 Å². The summed E-state index contributed by atoms with van der Waals surface area (Å²) in [5.41, 5.74) is 0. The van der Waals surface area contributed by atoms with Crippen molar-refractivity contribution in [1.82, 2.24) is 10.2 Å². The highest BCUT2D eigenvalue weighted by Crippen LogP contribution is 2.24. The van der Waals surface area contributed by atoms with Crippen molar-refractivity contribution in [1.29, 1.82) is 0 Å². The number of para-hydroxylation sites is 1. The smallest absolute Gasteiger partial charge is 0.309 e. The molecule has 144 valence electrons. The van der Waals surface area contributed by atoms with Gasteiger partial charge in [-0.3, -0.25) is 9.79 Å². The molecule has 1 aliphatic rings. The lowest BCUT2D eigenvalue weighted by molar-refractivity contribution is -0.149. The molecule has 1 heterocycles. The quantitative estimate of drug-likeness (QED) is 0.466. The Labute approximate surface area is 160 Å². The molecule has 0 radical (unpaired) electrons. The van der Waals surface area contributed by atoms with Crippen LogP contribution >= 0.6 is 11.6 Å². The number of hydrogen-bond acceptors (Lipinski definition) is 4. The van der Waals surface area contributed by atoms with Crippen LogP contribution in [0.4, 0.5) is 0 Å². The first-order chi connectivity index (χ1) is 12.5. The minimum Gasteiger partial charge on any atom is -0.487 e. The molecule has 1 aliphatic heterocycles. The third kappa shape index (κ3) is 5.80. The monoisotopic (exact) mass is 381 g/mol. The Morgan fingerprint density at radius 3 is 2.69 bits per heavy atom. The Morgan fingerprint density at radius 1 is 1.38 bits per heavy atom. The zero-order valence-electron chi connectivity index (χ0n) is 15.7. The standard InChI is InChI=1S/C19H28ClN3O3/c1-4-25-18(24)15-9-11-23(12-10-15)19(21-3)22-13-14(2)26-17-8-6-5-7-16(17)20/h5-8,14-15H,4,9-13H2,1-3H3,(H,21,22). The molecule has 0 saturated carbocycles. The van der Waals surface area contributed by atoms with Crippen molar-refractivity contribution in [3.8, 4) is 5.75 Å². The van der Waals surface area contributed by atoms with Gasteiger partial charge in [0.1, 0.15) is 11.9 Å². The Morgan fingerprint density at radius 2 is 2.08 bits per heavy atom. The fourth-order valence-electron chi connectivity index (χ4n) is 2.95. The van der Waals surface area contributed by atoms with Gasteiger partial charge in [0, 0.05) is 20.1 Å². The van der Waals surface area contributed by atoms with Gasteiger partial charge in [0.05, 0.1) is 24.1 Å². The molecule has 0 amide bonds. The number of guanidine groups is 1. The third-order valence-corrected chi connectivity index (χ3v) is 4.65. The maximum atomic E-state index is 11.8. The highest BCUT2D eigenvalue weighted by Gasteiger charge is 2.27. The van der Waals surface area contributed by atoms with Gasteiger partial charge in [-0.15, -0.1) is 0 Å². The van der Waals surface area contributed by atoms with E-state index in [1.807, 2.05) is 38.1 Å². The predicted octanol–water partition coefficient (Wildman–Crippen LogP) is 2.96. The summed E-state index contributed by atoms with van der Waals surface area (Å²) in [7, 11) is 1.76. The van der Waals surface area contributed by atoms with Crippen molar-refractivity contribution in [2.24, 2.45) is 10.9 Å². The highest BCUT2D eigenvalue weighted by atomic mass is 35.5. The topological polar surface area (TPSA) is 63.2 Å². The van der Waals surface area contributed by atoms with Crippen molar-refractivity contribution < 1.29 is 14.3 Å². The van der Waals surface area contributed by atoms with Crippen LogP contribution in [0.5, 0.6) is 5.75 Å². The molecule has 7 heteroatoms. The van der Waals surface area contributed by atoms with Crippen molar-refractivity contribution >= 4 is 23.5 Å². The van der Waals surface area contributed by atoms with Crippen LogP contribution in [0.25, 0.3) is 0 Å². The molecule has 0 spiro atoms. The number of piperidine rings is 1. The van der Waals surface area contributed by atoms with E-state index in [0.717, 1.165) is 31.9 Å². The van der Waals surface area contributed by atoms with Crippen LogP contribution < -0.4 is 10.1 Å². The molecule has 1 unspecified atom stereocenters. The Kier molecular flexibility index (Phi) is 8.04. The molecule has 1 aromatic rings. The van der Waals surface area contributed by atoms with Crippen molar-refractivity contribution in [3.63, 3.8) is 0 Å². The minimum atomic E-state index is -0.0862. The zero-order chi connectivity index (χ0) is 18.9. The van der Waals surface area contributed by atoms with Crippen LogP contribution in [0, 0.1) is 5.92 Å². The van der Waals surface area contributed by atoms with Crippen LogP contribution in [-0.4, -0.2) is 56.2 Å². The summed E-state index contributed by atoms with van der Waals surface area (Å²) < 4.78 is 11.0. The lowest BCUT2D eigenvalue weighted by Gasteiger charge is -2.33. The Balaban J connectivity index is 1.79. The summed E-state index contributed by atoms with van der Waals surface area (Å²) in [6.45, 7) is 6.42. The molecule has 1 fully saturated rings. The van der Waals surface area contributed by atoms with Crippen molar-refractivity contribution in [2.45, 2.75) is 32.8 Å². The van der Waals surface area contributed by atoms with Gasteiger partial charge in [0.2, 0.25) is 0 Å². The first kappa shape index (κ1) is 20.4. The molecule has 1 atom stereocenters. The van der Waals surface area contributed by atoms with Gasteiger partial charge >= 0.3 is 5.97 Å². The maximum absolute atomic E-state index is 11.8. The van der Waals surface area contributed by atoms with Crippen molar-refractivity contribution in [3.05, 3.63) is 29.3 Å². The van der Waals surface area contributed by atoms with Crippen LogP contribution in [-0.2, 0) is 9.53 Å². The van der Waals surface area contributed by atoms with Gasteiger partial charge in [-0.2, -0.15) is 0 Å². The Bertz CT molecular complexity index is 616. The molecule has 2 rings (SSSR count). The lowest BCUT2D eigenvalue weighted by Crippen LogP contribution is -2.48. The Hall–Kier alpha value is -1.95. The molecule has 26 heavy (non-hydrogen) atoms. The predicted molar refractivity (Wildman–Crippen MR) is 104 cm³/mol. The van der Waals surface area contributed by atoms with E-state index in [1.165, 1.54) is 0 Å². The number of ether oxygens (including phenoxy) is 2. The van der Waals surface area contributed by atoms with E-state index >= 15 is 0 Å². The van der Waals surface area contributed by atoms with Gasteiger partial charge in [-0.1, -0.05) is 23.7 Å². The number of halogens is 1. The molecule has 6 nitrogen and oxygen atoms in total. The summed E-state index contributed by atoms with van der Waals surface area (Å²) >= 11 is 6.13. The van der Waals surface area contributed by atoms with E-state index < -0.39 is 0 Å². The van der Waals surface area contributed by atoms with E-state index in [-0.39, 0.29) is 18.0 Å². The number of carbonyl (C=O) groups is 1. The van der Waals surface area contributed by atoms with Gasteiger partial charge in [-0.25, -0.2) is 0 Å². The summed E-state index contributed by atoms with van der Waals surface area (Å²) in [6.07, 6.45) is 1.50. The van der Waals surface area contributed by atoms with Crippen molar-refractivity contribution in [2.75, 3.05) is 33.3 Å². The van der Waals surface area contributed by atoms with Crippen LogP contribution in [0.2, 0.25) is 5.02 Å². The fraction of sp³-hybridized carbons (Fsp3) is 0.579. The van der Waals surface area contributed by atoms with E-state index in [4.69, 9.17) is 21.1 Å². The second kappa shape index (κ2) is 10.3. The van der Waals surface area contributed by atoms with Crippen LogP contribution in [0.15, 0.2) is 29.3 Å². The van der Waals surface area contributed by atoms with E-state index in [9.17, 15) is 4.79 Å². The number of rotatable bonds is 6. The average Bonchev–Trinajstić information content (AvgIpc) is 2.65. The second-order valence-electron chi connectivity index (χ2n) is 6.30. The first-order valence-electron chi connectivity index (χ1n) is 9.08. The minimum absolute atomic E-state index is 0.00761. The molecule has 0 aliphatic carbocycles. The van der Waals surface area contributed by atoms with Gasteiger partial charge in [0.15, 0.2) is 5.96 Å². The number of hydrogen-bond donors (Lipinski definition) is 1. The number of nitrogens with one attached hydrogen (secondary N) is 1. The first-order valence-corrected chi connectivity index (χ1v) is 9.46. The molecular formula is C19H28ClN3O3. The molecule has 0 bridgehead atoms. The summed E-state index contributed by atoms with van der Waals surface area (Å²) in [5, 5.41) is 3.94. The largest absolute Gasteiger partial charge is 0.487 e. The summed E-state index contributed by atoms with van der Waals surface area (Å²) in [5.74, 6) is 1.40. The summed E-state index contributed by atoms with van der Waals surface area (Å²) in [6, 6.07) is 7.44. The lowest BCUT2D eigenvalue weighted by atomic mass is 9.97. The molecule has 1 N–H and O–H groups in total. The molecule has 1 saturated heterocycles. The van der Waals surface area contributed by atoms with E-state index in [0.29, 0.717) is 23.9 Å². The average molecular weight is 382 g/mol. The van der Waals surface area contributed by atoms with E-state index in [2.05, 4.69) is 15.2 Å². The van der Waals surface area contributed by atoms with E-state index in [1.54, 1.807) is 7.05 Å². The third-order valence-electron chi connectivity index (χ3n) is 4.34. The van der Waals surface area contributed by atoms with Gasteiger partial charge < -0.3 is 19.7 Å². The normalized spacial score (nSPS) is 16.9. The zero-order valence-corrected chi connectivity index (χ0v) is 16.5. The molecule has 1 aromatic carbocycles. The number of benzene rings is 1. The number of nitrogens with zero attached hydrogens (tertiary/aromatic N) is 2. The number of aliphatic imine (C=N–C) groups is 1.